The summed E-state index contributed by atoms with van der Waals surface area (Å²) < 4.78 is 18.4. The van der Waals surface area contributed by atoms with Crippen molar-refractivity contribution in [2.75, 3.05) is 0 Å². The molecule has 0 radical (unpaired) electrons. The molecule has 474 valence electrons. The lowest BCUT2D eigenvalue weighted by Gasteiger charge is -2.32. The van der Waals surface area contributed by atoms with Gasteiger partial charge < -0.3 is 9.31 Å². The van der Waals surface area contributed by atoms with E-state index in [1.54, 1.807) is 0 Å². The van der Waals surface area contributed by atoms with Crippen molar-refractivity contribution >= 4 is 170 Å². The van der Waals surface area contributed by atoms with Gasteiger partial charge >= 0.3 is 7.12 Å². The highest BCUT2D eigenvalue weighted by Crippen LogP contribution is 2.47. The van der Waals surface area contributed by atoms with Gasteiger partial charge in [0.2, 0.25) is 0 Å². The van der Waals surface area contributed by atoms with Crippen LogP contribution in [0, 0.1) is 0 Å². The molecule has 5 heterocycles. The van der Waals surface area contributed by atoms with Crippen LogP contribution < -0.4 is 5.46 Å². The fraction of sp³-hybridized carbons (Fsp3) is 0.0652. The molecule has 20 aromatic rings. The Hall–Kier alpha value is -11.5. The first-order valence-corrected chi connectivity index (χ1v) is 35.1. The van der Waals surface area contributed by atoms with Gasteiger partial charge in [0.25, 0.3) is 0 Å². The molecule has 0 spiro atoms. The van der Waals surface area contributed by atoms with Gasteiger partial charge in [-0.05, 0) is 212 Å². The standard InChI is InChI=1S/C43H26N2.C25H23BN2O2.C24H15Br/c1-2-12-28-25-29(22-21-27(28)11-1)41-32-14-4-6-16-34(32)42(35-17-7-5-15-33(35)41)30-23-24-39-37(26-30)31-13-3-8-18-36(31)43-44-38-19-9-10-20-40(38)45(39)43;1-24(2)25(3,4)30-26(29-24)16-13-14-21-19(15-16)17-9-5-6-10-18(17)23-27-20-11-7-8-12-22(20)28(21)23;25-24-21-11-5-3-9-19(21)23(20-10-4-6-12-22(20)24)18-14-13-16-7-1-2-8-17(16)15-18/h1-26H;5-15H,1-4H3;1-15H. The molecule has 1 aliphatic rings. The maximum Gasteiger partial charge on any atom is 0.494 e. The van der Waals surface area contributed by atoms with Gasteiger partial charge in [0, 0.05) is 26.0 Å². The first kappa shape index (κ1) is 59.7. The van der Waals surface area contributed by atoms with Crippen LogP contribution in [0.4, 0.5) is 0 Å². The molecule has 4 aromatic heterocycles. The molecule has 1 aliphatic heterocycles. The van der Waals surface area contributed by atoms with Crippen molar-refractivity contribution in [1.29, 1.82) is 0 Å². The number of benzene rings is 16. The SMILES string of the molecule is Brc1c2ccccc2c(-c2ccc3ccccc3c2)c2ccccc12.CC1(C)OB(c2ccc3c(c2)c2ccccc2c2nc4ccccc4n32)OC1(C)C.c1ccc2cc(-c3c4ccccc4c(-c4ccc5c(c4)c4ccccc4c4nc6ccccc6n54)c4ccccc34)ccc2c1. The third kappa shape index (κ3) is 9.53. The molecule has 1 fully saturated rings. The Morgan fingerprint density at radius 2 is 0.600 bits per heavy atom. The van der Waals surface area contributed by atoms with Gasteiger partial charge in [-0.2, -0.15) is 0 Å². The summed E-state index contributed by atoms with van der Waals surface area (Å²) in [6.45, 7) is 8.35. The zero-order chi connectivity index (χ0) is 67.0. The lowest BCUT2D eigenvalue weighted by Crippen LogP contribution is -2.41. The summed E-state index contributed by atoms with van der Waals surface area (Å²) in [4.78, 5) is 10.0. The van der Waals surface area contributed by atoms with E-state index in [4.69, 9.17) is 19.3 Å². The molecule has 0 bridgehead atoms. The summed E-state index contributed by atoms with van der Waals surface area (Å²) in [5.74, 6) is 0. The van der Waals surface area contributed by atoms with Crippen LogP contribution >= 0.6 is 15.9 Å². The highest BCUT2D eigenvalue weighted by molar-refractivity contribution is 9.10. The van der Waals surface area contributed by atoms with Crippen LogP contribution in [0.25, 0.3) is 175 Å². The Labute approximate surface area is 586 Å². The molecule has 21 rings (SSSR count). The van der Waals surface area contributed by atoms with Crippen molar-refractivity contribution in [2.24, 2.45) is 0 Å². The first-order chi connectivity index (χ1) is 49.0. The number of halogens is 1. The highest BCUT2D eigenvalue weighted by atomic mass is 79.9. The van der Waals surface area contributed by atoms with Gasteiger partial charge in [0.05, 0.1) is 44.3 Å². The van der Waals surface area contributed by atoms with E-state index < -0.39 is 0 Å². The van der Waals surface area contributed by atoms with Gasteiger partial charge in [0.15, 0.2) is 0 Å². The molecule has 8 heteroatoms. The van der Waals surface area contributed by atoms with Gasteiger partial charge in [-0.15, -0.1) is 0 Å². The van der Waals surface area contributed by atoms with Crippen LogP contribution in [-0.2, 0) is 9.31 Å². The van der Waals surface area contributed by atoms with Gasteiger partial charge in [-0.25, -0.2) is 9.97 Å². The van der Waals surface area contributed by atoms with E-state index in [-0.39, 0.29) is 18.3 Å². The summed E-state index contributed by atoms with van der Waals surface area (Å²) in [6, 6.07) is 113. The minimum absolute atomic E-state index is 0.362. The number of hydrogen-bond acceptors (Lipinski definition) is 4. The second kappa shape index (κ2) is 23.3. The Kier molecular flexibility index (Phi) is 13.9. The second-order valence-electron chi connectivity index (χ2n) is 27.5. The molecular weight excluding hydrogens is 1280 g/mol. The number of nitrogens with zero attached hydrogens (tertiary/aromatic N) is 4. The molecular formula is C92H64BBrN4O2. The largest absolute Gasteiger partial charge is 0.494 e. The predicted molar refractivity (Wildman–Crippen MR) is 427 cm³/mol. The Bertz CT molecular complexity index is 6660. The fourth-order valence-corrected chi connectivity index (χ4v) is 16.4. The Morgan fingerprint density at radius 1 is 0.280 bits per heavy atom. The third-order valence-electron chi connectivity index (χ3n) is 21.2. The summed E-state index contributed by atoms with van der Waals surface area (Å²) in [5.41, 5.74) is 16.5. The number of para-hydroxylation sites is 4. The fourth-order valence-electron chi connectivity index (χ4n) is 15.7. The molecule has 0 aliphatic carbocycles. The van der Waals surface area contributed by atoms with E-state index in [0.29, 0.717) is 0 Å². The molecule has 0 saturated carbocycles. The van der Waals surface area contributed by atoms with Crippen molar-refractivity contribution in [3.05, 3.63) is 320 Å². The Morgan fingerprint density at radius 3 is 1.04 bits per heavy atom. The minimum atomic E-state index is -0.381. The zero-order valence-corrected chi connectivity index (χ0v) is 57.2. The van der Waals surface area contributed by atoms with Crippen LogP contribution in [0.1, 0.15) is 27.7 Å². The predicted octanol–water partition coefficient (Wildman–Crippen LogP) is 24.3. The average Bonchev–Trinajstić information content (AvgIpc) is 1.36. The van der Waals surface area contributed by atoms with Crippen molar-refractivity contribution < 1.29 is 9.31 Å². The van der Waals surface area contributed by atoms with Crippen molar-refractivity contribution in [1.82, 2.24) is 18.8 Å². The van der Waals surface area contributed by atoms with Crippen molar-refractivity contribution in [3.8, 4) is 33.4 Å². The van der Waals surface area contributed by atoms with E-state index in [0.717, 1.165) is 49.7 Å². The van der Waals surface area contributed by atoms with E-state index in [9.17, 15) is 0 Å². The summed E-state index contributed by atoms with van der Waals surface area (Å²) >= 11 is 3.83. The average molecular weight is 1350 g/mol. The van der Waals surface area contributed by atoms with Crippen LogP contribution in [0.5, 0.6) is 0 Å². The lowest BCUT2D eigenvalue weighted by molar-refractivity contribution is 0.00578. The third-order valence-corrected chi connectivity index (χ3v) is 22.1. The highest BCUT2D eigenvalue weighted by Gasteiger charge is 2.51. The van der Waals surface area contributed by atoms with Crippen molar-refractivity contribution in [2.45, 2.75) is 38.9 Å². The normalized spacial score (nSPS) is 13.7. The van der Waals surface area contributed by atoms with Gasteiger partial charge in [0.1, 0.15) is 11.3 Å². The monoisotopic (exact) mass is 1350 g/mol. The van der Waals surface area contributed by atoms with E-state index in [2.05, 4.69) is 362 Å². The molecule has 0 unspecified atom stereocenters. The number of pyridine rings is 2. The van der Waals surface area contributed by atoms with E-state index in [1.807, 2.05) is 6.07 Å². The topological polar surface area (TPSA) is 53.1 Å². The second-order valence-corrected chi connectivity index (χ2v) is 28.2. The van der Waals surface area contributed by atoms with Crippen LogP contribution in [-0.4, -0.2) is 37.1 Å². The van der Waals surface area contributed by atoms with Crippen molar-refractivity contribution in [3.63, 3.8) is 0 Å². The first-order valence-electron chi connectivity index (χ1n) is 34.3. The molecule has 6 nitrogen and oxygen atoms in total. The van der Waals surface area contributed by atoms with Crippen LogP contribution in [0.3, 0.4) is 0 Å². The van der Waals surface area contributed by atoms with Crippen LogP contribution in [0.15, 0.2) is 320 Å². The van der Waals surface area contributed by atoms with Gasteiger partial charge in [-0.3, -0.25) is 8.80 Å². The quantitative estimate of drug-likeness (QED) is 0.100. The molecule has 0 atom stereocenters. The molecule has 100 heavy (non-hydrogen) atoms. The van der Waals surface area contributed by atoms with Crippen LogP contribution in [0.2, 0.25) is 0 Å². The summed E-state index contributed by atoms with van der Waals surface area (Å²) in [5, 5.41) is 22.3. The minimum Gasteiger partial charge on any atom is -0.399 e. The van der Waals surface area contributed by atoms with Gasteiger partial charge in [-0.1, -0.05) is 261 Å². The smallest absolute Gasteiger partial charge is 0.399 e. The zero-order valence-electron chi connectivity index (χ0n) is 55.6. The summed E-state index contributed by atoms with van der Waals surface area (Å²) in [7, 11) is -0.381. The molecule has 0 amide bonds. The number of aromatic nitrogens is 4. The summed E-state index contributed by atoms with van der Waals surface area (Å²) in [6.07, 6.45) is 0. The number of fused-ring (bicyclic) bond motifs is 22. The Balaban J connectivity index is 0.000000110. The molecule has 16 aromatic carbocycles. The number of imidazole rings is 2. The van der Waals surface area contributed by atoms with E-state index >= 15 is 0 Å². The lowest BCUT2D eigenvalue weighted by atomic mass is 9.78. The van der Waals surface area contributed by atoms with E-state index in [1.165, 1.54) is 135 Å². The molecule has 1 saturated heterocycles. The number of rotatable bonds is 4. The molecule has 0 N–H and O–H groups in total. The number of hydrogen-bond donors (Lipinski definition) is 0. The maximum absolute atomic E-state index is 6.31. The maximum atomic E-state index is 6.31.